The number of carbonyl (C=O) groups excluding carboxylic acids is 1. The molecule has 0 aromatic heterocycles. The second kappa shape index (κ2) is 6.81. The third-order valence-electron chi connectivity index (χ3n) is 4.11. The van der Waals surface area contributed by atoms with Gasteiger partial charge in [-0.3, -0.25) is 4.79 Å². The maximum absolute atomic E-state index is 12.7. The van der Waals surface area contributed by atoms with Gasteiger partial charge in [-0.05, 0) is 31.5 Å². The van der Waals surface area contributed by atoms with Crippen LogP contribution in [0.15, 0.2) is 29.2 Å². The average Bonchev–Trinajstić information content (AvgIpc) is 2.87. The number of hydrogen-bond donors (Lipinski definition) is 0. The Labute approximate surface area is 143 Å². The molecule has 24 heavy (non-hydrogen) atoms. The van der Waals surface area contributed by atoms with Gasteiger partial charge in [0.2, 0.25) is 10.0 Å². The molecule has 134 valence electrons. The van der Waals surface area contributed by atoms with E-state index in [-0.39, 0.29) is 33.9 Å². The van der Waals surface area contributed by atoms with E-state index in [4.69, 9.17) is 0 Å². The normalized spacial score (nSPS) is 20.2. The summed E-state index contributed by atoms with van der Waals surface area (Å²) in [4.78, 5) is 14.3. The van der Waals surface area contributed by atoms with Crippen LogP contribution in [0.5, 0.6) is 0 Å². The lowest BCUT2D eigenvalue weighted by Gasteiger charge is -2.27. The number of sulfonamides is 1. The molecule has 1 aromatic carbocycles. The second-order valence-corrected chi connectivity index (χ2v) is 10.3. The number of hydrogen-bond acceptors (Lipinski definition) is 5. The first-order chi connectivity index (χ1) is 11.1. The summed E-state index contributed by atoms with van der Waals surface area (Å²) >= 11 is 0. The van der Waals surface area contributed by atoms with Crippen LogP contribution >= 0.6 is 0 Å². The van der Waals surface area contributed by atoms with Gasteiger partial charge in [0.15, 0.2) is 9.84 Å². The molecule has 0 radical (unpaired) electrons. The Bertz CT molecular complexity index is 831. The number of benzene rings is 1. The topological polar surface area (TPSA) is 91.8 Å². The highest BCUT2D eigenvalue weighted by molar-refractivity contribution is 7.91. The van der Waals surface area contributed by atoms with Crippen molar-refractivity contribution in [1.82, 2.24) is 9.21 Å². The molecule has 0 bridgehead atoms. The first-order valence-corrected chi connectivity index (χ1v) is 10.9. The van der Waals surface area contributed by atoms with Gasteiger partial charge >= 0.3 is 0 Å². The third-order valence-corrected chi connectivity index (χ3v) is 7.67. The minimum Gasteiger partial charge on any atom is -0.335 e. The number of rotatable bonds is 5. The van der Waals surface area contributed by atoms with Crippen molar-refractivity contribution >= 4 is 25.8 Å². The highest BCUT2D eigenvalue weighted by Gasteiger charge is 2.34. The molecule has 0 saturated carbocycles. The zero-order chi connectivity index (χ0) is 18.1. The van der Waals surface area contributed by atoms with E-state index < -0.39 is 19.9 Å². The molecule has 0 N–H and O–H groups in total. The molecule has 1 atom stereocenters. The molecule has 1 aliphatic heterocycles. The molecule has 1 heterocycles. The third kappa shape index (κ3) is 3.79. The maximum Gasteiger partial charge on any atom is 0.254 e. The summed E-state index contributed by atoms with van der Waals surface area (Å²) in [6.07, 6.45) is 0.414. The summed E-state index contributed by atoms with van der Waals surface area (Å²) in [6.45, 7) is 2.15. The van der Waals surface area contributed by atoms with E-state index >= 15 is 0 Å². The smallest absolute Gasteiger partial charge is 0.254 e. The molecule has 0 unspecified atom stereocenters. The molecule has 9 heteroatoms. The highest BCUT2D eigenvalue weighted by Crippen LogP contribution is 2.21. The molecule has 1 aromatic rings. The van der Waals surface area contributed by atoms with Gasteiger partial charge in [0, 0.05) is 32.2 Å². The monoisotopic (exact) mass is 374 g/mol. The predicted octanol–water partition coefficient (Wildman–Crippen LogP) is 0.586. The molecule has 1 saturated heterocycles. The molecular formula is C15H22N2O5S2. The Morgan fingerprint density at radius 2 is 1.96 bits per heavy atom. The van der Waals surface area contributed by atoms with Gasteiger partial charge in [0.05, 0.1) is 16.4 Å². The summed E-state index contributed by atoms with van der Waals surface area (Å²) in [5, 5.41) is 0. The fraction of sp³-hybridized carbons (Fsp3) is 0.533. The molecular weight excluding hydrogens is 352 g/mol. The zero-order valence-corrected chi connectivity index (χ0v) is 15.6. The van der Waals surface area contributed by atoms with E-state index in [1.807, 2.05) is 0 Å². The Morgan fingerprint density at radius 1 is 1.29 bits per heavy atom. The number of sulfone groups is 1. The van der Waals surface area contributed by atoms with E-state index in [1.54, 1.807) is 13.0 Å². The van der Waals surface area contributed by atoms with Gasteiger partial charge in [-0.15, -0.1) is 0 Å². The fourth-order valence-corrected chi connectivity index (χ4v) is 5.43. The number of nitrogens with zero attached hydrogens (tertiary/aromatic N) is 2. The van der Waals surface area contributed by atoms with E-state index in [1.165, 1.54) is 37.2 Å². The van der Waals surface area contributed by atoms with E-state index in [9.17, 15) is 21.6 Å². The van der Waals surface area contributed by atoms with Gasteiger partial charge in [0.1, 0.15) is 0 Å². The maximum atomic E-state index is 12.7. The van der Waals surface area contributed by atoms with Crippen molar-refractivity contribution in [1.29, 1.82) is 0 Å². The van der Waals surface area contributed by atoms with Crippen LogP contribution in [-0.2, 0) is 19.9 Å². The van der Waals surface area contributed by atoms with Crippen LogP contribution in [0.25, 0.3) is 0 Å². The van der Waals surface area contributed by atoms with Crippen LogP contribution in [-0.4, -0.2) is 70.1 Å². The van der Waals surface area contributed by atoms with E-state index in [0.29, 0.717) is 13.0 Å². The average molecular weight is 374 g/mol. The van der Waals surface area contributed by atoms with Crippen LogP contribution < -0.4 is 0 Å². The molecule has 1 fully saturated rings. The van der Waals surface area contributed by atoms with Crippen LogP contribution in [0.1, 0.15) is 23.7 Å². The molecule has 0 aliphatic carbocycles. The quantitative estimate of drug-likeness (QED) is 0.752. The highest BCUT2D eigenvalue weighted by atomic mass is 32.2. The van der Waals surface area contributed by atoms with Crippen molar-refractivity contribution in [3.8, 4) is 0 Å². The fourth-order valence-electron chi connectivity index (χ4n) is 2.76. The van der Waals surface area contributed by atoms with Crippen LogP contribution in [0.3, 0.4) is 0 Å². The lowest BCUT2D eigenvalue weighted by Crippen LogP contribution is -2.41. The minimum absolute atomic E-state index is 0.0356. The minimum atomic E-state index is -3.64. The van der Waals surface area contributed by atoms with Crippen LogP contribution in [0.2, 0.25) is 0 Å². The summed E-state index contributed by atoms with van der Waals surface area (Å²) in [5.74, 6) is -0.311. The van der Waals surface area contributed by atoms with E-state index in [0.717, 1.165) is 4.31 Å². The van der Waals surface area contributed by atoms with Gasteiger partial charge in [0.25, 0.3) is 5.91 Å². The first kappa shape index (κ1) is 18.9. The van der Waals surface area contributed by atoms with Gasteiger partial charge in [-0.25, -0.2) is 21.1 Å². The Morgan fingerprint density at radius 3 is 2.46 bits per heavy atom. The summed E-state index contributed by atoms with van der Waals surface area (Å²) in [6, 6.07) is 5.47. The van der Waals surface area contributed by atoms with Crippen molar-refractivity contribution < 1.29 is 21.6 Å². The number of amides is 1. The van der Waals surface area contributed by atoms with Crippen molar-refractivity contribution in [3.05, 3.63) is 29.8 Å². The molecule has 1 amide bonds. The predicted molar refractivity (Wildman–Crippen MR) is 91.1 cm³/mol. The SMILES string of the molecule is CCN(C(=O)c1cccc(S(=O)(=O)N(C)C)c1)[C@@H]1CCS(=O)(=O)C1. The van der Waals surface area contributed by atoms with E-state index in [2.05, 4.69) is 0 Å². The molecule has 0 spiro atoms. The van der Waals surface area contributed by atoms with Crippen LogP contribution in [0.4, 0.5) is 0 Å². The molecule has 7 nitrogen and oxygen atoms in total. The summed E-state index contributed by atoms with van der Waals surface area (Å²) in [7, 11) is -3.90. The molecule has 2 rings (SSSR count). The summed E-state index contributed by atoms with van der Waals surface area (Å²) < 4.78 is 48.8. The van der Waals surface area contributed by atoms with Crippen molar-refractivity contribution in [2.24, 2.45) is 0 Å². The largest absolute Gasteiger partial charge is 0.335 e. The van der Waals surface area contributed by atoms with Crippen molar-refractivity contribution in [2.45, 2.75) is 24.3 Å². The van der Waals surface area contributed by atoms with Gasteiger partial charge in [-0.2, -0.15) is 0 Å². The zero-order valence-electron chi connectivity index (χ0n) is 14.0. The lowest BCUT2D eigenvalue weighted by atomic mass is 10.1. The molecule has 1 aliphatic rings. The first-order valence-electron chi connectivity index (χ1n) is 7.62. The second-order valence-electron chi connectivity index (χ2n) is 5.96. The van der Waals surface area contributed by atoms with Gasteiger partial charge in [-0.1, -0.05) is 6.07 Å². The Kier molecular flexibility index (Phi) is 5.36. The standard InChI is InChI=1S/C15H22N2O5S2/c1-4-17(13-8-9-23(19,20)11-13)15(18)12-6-5-7-14(10-12)24(21,22)16(2)3/h5-7,10,13H,4,8-9,11H2,1-3H3/t13-/m1/s1. The Hall–Kier alpha value is -1.45. The lowest BCUT2D eigenvalue weighted by molar-refractivity contribution is 0.0708. The van der Waals surface area contributed by atoms with Gasteiger partial charge < -0.3 is 4.90 Å². The number of carbonyl (C=O) groups is 1. The van der Waals surface area contributed by atoms with Crippen molar-refractivity contribution in [2.75, 3.05) is 32.1 Å². The Balaban J connectivity index is 2.32. The summed E-state index contributed by atoms with van der Waals surface area (Å²) in [5.41, 5.74) is 0.240. The van der Waals surface area contributed by atoms with Crippen molar-refractivity contribution in [3.63, 3.8) is 0 Å². The van der Waals surface area contributed by atoms with Crippen LogP contribution in [0, 0.1) is 0 Å².